The summed E-state index contributed by atoms with van der Waals surface area (Å²) in [5.74, 6) is -0.0404. The fraction of sp³-hybridized carbons (Fsp3) is 0.927. The van der Waals surface area contributed by atoms with Gasteiger partial charge in [-0.1, -0.05) is 182 Å². The highest BCUT2D eigenvalue weighted by atomic mass is 16.6. The monoisotopic (exact) mass is 667 g/mol. The van der Waals surface area contributed by atoms with Crippen molar-refractivity contribution in [2.45, 2.75) is 226 Å². The molecule has 0 aliphatic carbocycles. The van der Waals surface area contributed by atoms with E-state index in [1.807, 2.05) is 0 Å². The fourth-order valence-electron chi connectivity index (χ4n) is 5.92. The predicted octanol–water partition coefficient (Wildman–Crippen LogP) is 12.4. The molecule has 0 aromatic heterocycles. The second-order valence-corrected chi connectivity index (χ2v) is 14.4. The second-order valence-electron chi connectivity index (χ2n) is 14.4. The Labute approximate surface area is 291 Å². The van der Waals surface area contributed by atoms with E-state index in [4.69, 9.17) is 14.2 Å². The Morgan fingerprint density at radius 2 is 0.702 bits per heavy atom. The molecular weight excluding hydrogens is 588 g/mol. The second kappa shape index (κ2) is 35.7. The van der Waals surface area contributed by atoms with Gasteiger partial charge in [-0.05, 0) is 25.2 Å². The summed E-state index contributed by atoms with van der Waals surface area (Å²) in [7, 11) is 0. The zero-order chi connectivity index (χ0) is 34.6. The number of carbonyl (C=O) groups is 3. The molecule has 278 valence electrons. The Hall–Kier alpha value is -1.59. The van der Waals surface area contributed by atoms with E-state index in [1.165, 1.54) is 116 Å². The van der Waals surface area contributed by atoms with E-state index >= 15 is 0 Å². The molecule has 0 spiro atoms. The number of hydrogen-bond donors (Lipinski definition) is 0. The van der Waals surface area contributed by atoms with Crippen molar-refractivity contribution in [3.05, 3.63) is 0 Å². The van der Waals surface area contributed by atoms with Crippen LogP contribution >= 0.6 is 0 Å². The number of rotatable bonds is 36. The molecule has 0 aliphatic rings. The van der Waals surface area contributed by atoms with E-state index in [-0.39, 0.29) is 31.1 Å². The van der Waals surface area contributed by atoms with Gasteiger partial charge in [-0.2, -0.15) is 0 Å². The first-order valence-electron chi connectivity index (χ1n) is 20.4. The number of ether oxygens (including phenoxy) is 3. The summed E-state index contributed by atoms with van der Waals surface area (Å²) in [6.45, 7) is 8.89. The van der Waals surface area contributed by atoms with E-state index in [1.54, 1.807) is 0 Å². The maximum atomic E-state index is 12.5. The van der Waals surface area contributed by atoms with Crippen molar-refractivity contribution in [2.75, 3.05) is 13.2 Å². The highest BCUT2D eigenvalue weighted by molar-refractivity contribution is 5.71. The van der Waals surface area contributed by atoms with Gasteiger partial charge in [0.25, 0.3) is 0 Å². The molecule has 0 saturated heterocycles. The summed E-state index contributed by atoms with van der Waals surface area (Å²) < 4.78 is 16.5. The molecule has 0 fully saturated rings. The number of hydrogen-bond acceptors (Lipinski definition) is 6. The molecule has 0 amide bonds. The van der Waals surface area contributed by atoms with Crippen LogP contribution in [0.1, 0.15) is 220 Å². The molecule has 6 nitrogen and oxygen atoms in total. The van der Waals surface area contributed by atoms with Gasteiger partial charge in [0.05, 0.1) is 0 Å². The Morgan fingerprint density at radius 3 is 1.04 bits per heavy atom. The molecule has 1 atom stereocenters. The summed E-state index contributed by atoms with van der Waals surface area (Å²) in [6, 6.07) is 0. The first kappa shape index (κ1) is 45.4. The average Bonchev–Trinajstić information content (AvgIpc) is 3.05. The molecule has 0 bridgehead atoms. The first-order chi connectivity index (χ1) is 22.9. The van der Waals surface area contributed by atoms with Gasteiger partial charge < -0.3 is 14.2 Å². The molecule has 0 aliphatic heterocycles. The quantitative estimate of drug-likeness (QED) is 0.0376. The van der Waals surface area contributed by atoms with Crippen LogP contribution in [0.3, 0.4) is 0 Å². The van der Waals surface area contributed by atoms with Crippen molar-refractivity contribution in [3.63, 3.8) is 0 Å². The molecule has 0 aromatic carbocycles. The van der Waals surface area contributed by atoms with Crippen molar-refractivity contribution in [1.29, 1.82) is 0 Å². The van der Waals surface area contributed by atoms with Crippen LogP contribution in [0.2, 0.25) is 0 Å². The lowest BCUT2D eigenvalue weighted by molar-refractivity contribution is -0.167. The first-order valence-corrected chi connectivity index (χ1v) is 20.4. The third kappa shape index (κ3) is 35.5. The molecule has 6 heteroatoms. The van der Waals surface area contributed by atoms with E-state index < -0.39 is 6.10 Å². The van der Waals surface area contributed by atoms with Crippen LogP contribution in [0.15, 0.2) is 0 Å². The summed E-state index contributed by atoms with van der Waals surface area (Å²) in [4.78, 5) is 37.3. The van der Waals surface area contributed by atoms with Gasteiger partial charge in [0.2, 0.25) is 0 Å². The summed E-state index contributed by atoms with van der Waals surface area (Å²) in [5.41, 5.74) is 0. The van der Waals surface area contributed by atoms with Crippen LogP contribution in [-0.4, -0.2) is 37.2 Å². The van der Waals surface area contributed by atoms with Crippen LogP contribution in [0.5, 0.6) is 0 Å². The van der Waals surface area contributed by atoms with Gasteiger partial charge >= 0.3 is 17.9 Å². The molecule has 0 N–H and O–H groups in total. The minimum absolute atomic E-state index is 0.0655. The zero-order valence-corrected chi connectivity index (χ0v) is 31.7. The van der Waals surface area contributed by atoms with Gasteiger partial charge in [-0.15, -0.1) is 0 Å². The molecule has 0 aromatic rings. The summed E-state index contributed by atoms with van der Waals surface area (Å²) in [5, 5.41) is 0. The third-order valence-corrected chi connectivity index (χ3v) is 9.04. The fourth-order valence-corrected chi connectivity index (χ4v) is 5.92. The van der Waals surface area contributed by atoms with E-state index in [2.05, 4.69) is 27.7 Å². The number of carbonyl (C=O) groups excluding carboxylic acids is 3. The minimum atomic E-state index is -0.756. The van der Waals surface area contributed by atoms with Crippen molar-refractivity contribution in [1.82, 2.24) is 0 Å². The number of esters is 3. The van der Waals surface area contributed by atoms with E-state index in [9.17, 15) is 14.4 Å². The molecule has 0 radical (unpaired) electrons. The van der Waals surface area contributed by atoms with Crippen LogP contribution in [-0.2, 0) is 28.6 Å². The molecule has 47 heavy (non-hydrogen) atoms. The molecular formula is C41H78O6. The standard InChI is InChI=1S/C41H78O6/c1-5-7-9-11-19-24-28-32-39(42)45-35-38(47-41(44)34-30-26-20-12-10-8-6-2)36-46-40(43)33-29-25-22-18-16-14-13-15-17-21-23-27-31-37(3)4/h37-38H,5-36H2,1-4H3/t38-/m1/s1. The van der Waals surface area contributed by atoms with Crippen molar-refractivity contribution >= 4 is 17.9 Å². The Bertz CT molecular complexity index is 706. The van der Waals surface area contributed by atoms with Crippen LogP contribution in [0.4, 0.5) is 0 Å². The lowest BCUT2D eigenvalue weighted by atomic mass is 10.0. The summed E-state index contributed by atoms with van der Waals surface area (Å²) >= 11 is 0. The normalized spacial score (nSPS) is 11.9. The van der Waals surface area contributed by atoms with E-state index in [0.29, 0.717) is 19.3 Å². The van der Waals surface area contributed by atoms with Crippen molar-refractivity contribution < 1.29 is 28.6 Å². The van der Waals surface area contributed by atoms with Crippen LogP contribution in [0, 0.1) is 5.92 Å². The van der Waals surface area contributed by atoms with Crippen LogP contribution in [0.25, 0.3) is 0 Å². The Morgan fingerprint density at radius 1 is 0.404 bits per heavy atom. The lowest BCUT2D eigenvalue weighted by Crippen LogP contribution is -2.30. The maximum Gasteiger partial charge on any atom is 0.306 e. The maximum absolute atomic E-state index is 12.5. The SMILES string of the molecule is CCCCCCCCCC(=O)OC[C@H](COC(=O)CCCCCCCCCCCCCCC(C)C)OC(=O)CCCCCCCCC. The summed E-state index contributed by atoms with van der Waals surface area (Å²) in [6.07, 6.45) is 32.5. The van der Waals surface area contributed by atoms with Crippen molar-refractivity contribution in [3.8, 4) is 0 Å². The largest absolute Gasteiger partial charge is 0.462 e. The van der Waals surface area contributed by atoms with Gasteiger partial charge in [0, 0.05) is 19.3 Å². The van der Waals surface area contributed by atoms with Gasteiger partial charge in [-0.3, -0.25) is 14.4 Å². The van der Waals surface area contributed by atoms with Gasteiger partial charge in [-0.25, -0.2) is 0 Å². The Balaban J connectivity index is 4.20. The molecule has 0 rings (SSSR count). The third-order valence-electron chi connectivity index (χ3n) is 9.04. The Kier molecular flexibility index (Phi) is 34.5. The van der Waals surface area contributed by atoms with Gasteiger partial charge in [0.15, 0.2) is 6.10 Å². The van der Waals surface area contributed by atoms with Crippen LogP contribution < -0.4 is 0 Å². The number of unbranched alkanes of at least 4 members (excludes halogenated alkanes) is 23. The highest BCUT2D eigenvalue weighted by Crippen LogP contribution is 2.15. The highest BCUT2D eigenvalue weighted by Gasteiger charge is 2.19. The van der Waals surface area contributed by atoms with Gasteiger partial charge in [0.1, 0.15) is 13.2 Å². The lowest BCUT2D eigenvalue weighted by Gasteiger charge is -2.18. The van der Waals surface area contributed by atoms with E-state index in [0.717, 1.165) is 63.7 Å². The topological polar surface area (TPSA) is 78.9 Å². The predicted molar refractivity (Wildman–Crippen MR) is 196 cm³/mol. The molecule has 0 heterocycles. The zero-order valence-electron chi connectivity index (χ0n) is 31.7. The smallest absolute Gasteiger partial charge is 0.306 e. The average molecular weight is 667 g/mol. The minimum Gasteiger partial charge on any atom is -0.462 e. The van der Waals surface area contributed by atoms with Crippen molar-refractivity contribution in [2.24, 2.45) is 5.92 Å². The molecule has 0 unspecified atom stereocenters. The molecule has 0 saturated carbocycles.